The van der Waals surface area contributed by atoms with Gasteiger partial charge in [-0.05, 0) is 44.5 Å². The van der Waals surface area contributed by atoms with Crippen LogP contribution in [-0.2, 0) is 0 Å². The van der Waals surface area contributed by atoms with Gasteiger partial charge in [0.15, 0.2) is 0 Å². The zero-order chi connectivity index (χ0) is 12.3. The quantitative estimate of drug-likeness (QED) is 0.628. The highest BCUT2D eigenvalue weighted by Crippen LogP contribution is 2.21. The highest BCUT2D eigenvalue weighted by atomic mass is 32.1. The van der Waals surface area contributed by atoms with Gasteiger partial charge in [-0.1, -0.05) is 0 Å². The van der Waals surface area contributed by atoms with E-state index in [4.69, 9.17) is 0 Å². The second-order valence-corrected chi connectivity index (χ2v) is 5.96. The fourth-order valence-corrected chi connectivity index (χ4v) is 2.01. The first kappa shape index (κ1) is 13.9. The number of benzene rings is 1. The Morgan fingerprint density at radius 1 is 1.19 bits per heavy atom. The SMILES string of the molecule is CC(C)(C)NCC(O)c1cc(S)cc(S)c1. The van der Waals surface area contributed by atoms with Crippen LogP contribution in [-0.4, -0.2) is 17.2 Å². The van der Waals surface area contributed by atoms with Crippen molar-refractivity contribution < 1.29 is 5.11 Å². The average Bonchev–Trinajstić information content (AvgIpc) is 2.11. The van der Waals surface area contributed by atoms with E-state index in [2.05, 4.69) is 51.3 Å². The predicted octanol–water partition coefficient (Wildman–Crippen LogP) is 2.69. The summed E-state index contributed by atoms with van der Waals surface area (Å²) < 4.78 is 0. The molecule has 0 heterocycles. The molecule has 1 atom stereocenters. The van der Waals surface area contributed by atoms with E-state index >= 15 is 0 Å². The molecule has 0 aliphatic rings. The Kier molecular flexibility index (Phi) is 4.73. The van der Waals surface area contributed by atoms with Gasteiger partial charge in [-0.2, -0.15) is 0 Å². The summed E-state index contributed by atoms with van der Waals surface area (Å²) in [7, 11) is 0. The number of hydrogen-bond acceptors (Lipinski definition) is 4. The molecule has 0 saturated heterocycles. The number of aliphatic hydroxyl groups is 1. The highest BCUT2D eigenvalue weighted by molar-refractivity contribution is 7.81. The lowest BCUT2D eigenvalue weighted by atomic mass is 10.1. The minimum absolute atomic E-state index is 0.00332. The van der Waals surface area contributed by atoms with Gasteiger partial charge in [0.1, 0.15) is 0 Å². The lowest BCUT2D eigenvalue weighted by molar-refractivity contribution is 0.163. The van der Waals surface area contributed by atoms with Crippen LogP contribution in [0.3, 0.4) is 0 Å². The molecule has 0 aliphatic carbocycles. The summed E-state index contributed by atoms with van der Waals surface area (Å²) in [5.41, 5.74) is 0.845. The van der Waals surface area contributed by atoms with E-state index in [0.29, 0.717) is 6.54 Å². The molecular weight excluding hydrogens is 238 g/mol. The van der Waals surface area contributed by atoms with E-state index in [1.165, 1.54) is 0 Å². The Labute approximate surface area is 108 Å². The van der Waals surface area contributed by atoms with Crippen LogP contribution in [0.15, 0.2) is 28.0 Å². The van der Waals surface area contributed by atoms with E-state index in [9.17, 15) is 5.11 Å². The van der Waals surface area contributed by atoms with Crippen molar-refractivity contribution >= 4 is 25.3 Å². The molecule has 1 unspecified atom stereocenters. The van der Waals surface area contributed by atoms with Crippen molar-refractivity contribution in [2.45, 2.75) is 42.2 Å². The number of hydrogen-bond donors (Lipinski definition) is 4. The molecule has 1 aromatic carbocycles. The van der Waals surface area contributed by atoms with E-state index < -0.39 is 6.10 Å². The highest BCUT2D eigenvalue weighted by Gasteiger charge is 2.14. The Balaban J connectivity index is 2.69. The molecule has 90 valence electrons. The molecular formula is C12H19NOS2. The van der Waals surface area contributed by atoms with Crippen LogP contribution < -0.4 is 5.32 Å². The largest absolute Gasteiger partial charge is 0.387 e. The van der Waals surface area contributed by atoms with Crippen LogP contribution in [0, 0.1) is 0 Å². The third-order valence-corrected chi connectivity index (χ3v) is 2.65. The third-order valence-electron chi connectivity index (χ3n) is 2.14. The van der Waals surface area contributed by atoms with Gasteiger partial charge >= 0.3 is 0 Å². The number of rotatable bonds is 3. The zero-order valence-electron chi connectivity index (χ0n) is 9.86. The molecule has 0 radical (unpaired) electrons. The van der Waals surface area contributed by atoms with E-state index in [0.717, 1.165) is 15.4 Å². The van der Waals surface area contributed by atoms with E-state index in [1.807, 2.05) is 18.2 Å². The number of nitrogens with one attached hydrogen (secondary N) is 1. The van der Waals surface area contributed by atoms with Crippen LogP contribution in [0.25, 0.3) is 0 Å². The third kappa shape index (κ3) is 4.78. The Morgan fingerprint density at radius 2 is 1.69 bits per heavy atom. The summed E-state index contributed by atoms with van der Waals surface area (Å²) in [6, 6.07) is 5.56. The number of β-amino-alcohol motifs (C(OH)–C–C–N with tert-alkyl or cyclic N) is 1. The van der Waals surface area contributed by atoms with Gasteiger partial charge in [-0.25, -0.2) is 0 Å². The van der Waals surface area contributed by atoms with Crippen molar-refractivity contribution in [3.63, 3.8) is 0 Å². The number of aliphatic hydroxyl groups excluding tert-OH is 1. The minimum atomic E-state index is -0.530. The second-order valence-electron chi connectivity index (χ2n) is 4.93. The summed E-state index contributed by atoms with van der Waals surface area (Å²) in [6.07, 6.45) is -0.530. The average molecular weight is 257 g/mol. The first-order chi connectivity index (χ1) is 7.28. The molecule has 0 aromatic heterocycles. The second kappa shape index (κ2) is 5.45. The molecule has 1 aromatic rings. The minimum Gasteiger partial charge on any atom is -0.387 e. The van der Waals surface area contributed by atoms with Crippen molar-refractivity contribution in [1.29, 1.82) is 0 Å². The Bertz CT molecular complexity index is 340. The standard InChI is InChI=1S/C12H19NOS2/c1-12(2,3)13-7-11(14)8-4-9(15)6-10(16)5-8/h4-6,11,13-16H,7H2,1-3H3. The zero-order valence-corrected chi connectivity index (χ0v) is 11.6. The van der Waals surface area contributed by atoms with Crippen LogP contribution in [0.5, 0.6) is 0 Å². The van der Waals surface area contributed by atoms with E-state index in [-0.39, 0.29) is 5.54 Å². The molecule has 2 N–H and O–H groups in total. The van der Waals surface area contributed by atoms with Gasteiger partial charge in [0.05, 0.1) is 6.10 Å². The normalized spacial score (nSPS) is 13.9. The molecule has 0 spiro atoms. The smallest absolute Gasteiger partial charge is 0.0915 e. The fourth-order valence-electron chi connectivity index (χ4n) is 1.33. The summed E-state index contributed by atoms with van der Waals surface area (Å²) in [6.45, 7) is 6.73. The van der Waals surface area contributed by atoms with Crippen molar-refractivity contribution in [2.75, 3.05) is 6.54 Å². The van der Waals surface area contributed by atoms with Gasteiger partial charge in [0, 0.05) is 21.9 Å². The Morgan fingerprint density at radius 3 is 2.12 bits per heavy atom. The molecule has 0 saturated carbocycles. The van der Waals surface area contributed by atoms with Crippen LogP contribution in [0.4, 0.5) is 0 Å². The van der Waals surface area contributed by atoms with Crippen LogP contribution in [0.2, 0.25) is 0 Å². The van der Waals surface area contributed by atoms with Crippen molar-refractivity contribution in [2.24, 2.45) is 0 Å². The van der Waals surface area contributed by atoms with Crippen molar-refractivity contribution in [1.82, 2.24) is 5.32 Å². The first-order valence-electron chi connectivity index (χ1n) is 5.24. The van der Waals surface area contributed by atoms with E-state index in [1.54, 1.807) is 0 Å². The lowest BCUT2D eigenvalue weighted by Crippen LogP contribution is -2.38. The summed E-state index contributed by atoms with van der Waals surface area (Å²) in [4.78, 5) is 1.63. The number of thiol groups is 2. The monoisotopic (exact) mass is 257 g/mol. The fraction of sp³-hybridized carbons (Fsp3) is 0.500. The van der Waals surface area contributed by atoms with Gasteiger partial charge < -0.3 is 10.4 Å². The summed E-state index contributed by atoms with van der Waals surface area (Å²) >= 11 is 8.53. The van der Waals surface area contributed by atoms with Crippen LogP contribution in [0.1, 0.15) is 32.4 Å². The molecule has 4 heteroatoms. The molecule has 2 nitrogen and oxygen atoms in total. The van der Waals surface area contributed by atoms with Gasteiger partial charge in [0.25, 0.3) is 0 Å². The maximum atomic E-state index is 10.0. The summed E-state index contributed by atoms with van der Waals surface area (Å²) in [5, 5.41) is 13.3. The molecule has 0 amide bonds. The van der Waals surface area contributed by atoms with Gasteiger partial charge in [0.2, 0.25) is 0 Å². The van der Waals surface area contributed by atoms with Crippen molar-refractivity contribution in [3.05, 3.63) is 23.8 Å². The van der Waals surface area contributed by atoms with Gasteiger partial charge in [-0.3, -0.25) is 0 Å². The van der Waals surface area contributed by atoms with Crippen molar-refractivity contribution in [3.8, 4) is 0 Å². The maximum absolute atomic E-state index is 10.0. The summed E-state index contributed by atoms with van der Waals surface area (Å²) in [5.74, 6) is 0. The van der Waals surface area contributed by atoms with Gasteiger partial charge in [-0.15, -0.1) is 25.3 Å². The molecule has 16 heavy (non-hydrogen) atoms. The molecule has 1 rings (SSSR count). The Hall–Kier alpha value is -0.160. The topological polar surface area (TPSA) is 32.3 Å². The lowest BCUT2D eigenvalue weighted by Gasteiger charge is -2.23. The molecule has 0 bridgehead atoms. The molecule has 0 aliphatic heterocycles. The predicted molar refractivity (Wildman–Crippen MR) is 73.7 cm³/mol. The maximum Gasteiger partial charge on any atom is 0.0915 e. The first-order valence-corrected chi connectivity index (χ1v) is 6.13. The molecule has 0 fully saturated rings. The van der Waals surface area contributed by atoms with Crippen LogP contribution >= 0.6 is 25.3 Å².